The third-order valence-corrected chi connectivity index (χ3v) is 5.56. The molecular weight excluding hydrogens is 341 g/mol. The summed E-state index contributed by atoms with van der Waals surface area (Å²) < 4.78 is 0. The van der Waals surface area contributed by atoms with E-state index < -0.39 is 0 Å². The van der Waals surface area contributed by atoms with Gasteiger partial charge in [-0.3, -0.25) is 4.90 Å². The highest BCUT2D eigenvalue weighted by molar-refractivity contribution is 5.85. The molecule has 0 radical (unpaired) electrons. The lowest BCUT2D eigenvalue weighted by molar-refractivity contribution is 0.103. The van der Waals surface area contributed by atoms with Crippen molar-refractivity contribution in [2.24, 2.45) is 5.92 Å². The first-order valence-corrected chi connectivity index (χ1v) is 8.93. The molecule has 2 aliphatic rings. The molecule has 0 unspecified atom stereocenters. The minimum atomic E-state index is 0. The average molecular weight is 370 g/mol. The van der Waals surface area contributed by atoms with Crippen molar-refractivity contribution in [3.05, 3.63) is 36.0 Å². The fourth-order valence-corrected chi connectivity index (χ4v) is 4.44. The number of nitrogens with zero attached hydrogens (tertiary/aromatic N) is 1. The van der Waals surface area contributed by atoms with Crippen molar-refractivity contribution in [2.45, 2.75) is 38.1 Å². The van der Waals surface area contributed by atoms with Crippen LogP contribution >= 0.6 is 24.8 Å². The fourth-order valence-electron chi connectivity index (χ4n) is 4.44. The molecule has 1 saturated heterocycles. The normalized spacial score (nSPS) is 21.0. The molecule has 2 heterocycles. The van der Waals surface area contributed by atoms with E-state index in [1.807, 2.05) is 0 Å². The maximum Gasteiger partial charge on any atom is 0.0457 e. The van der Waals surface area contributed by atoms with Crippen LogP contribution in [0.15, 0.2) is 30.5 Å². The molecule has 2 fully saturated rings. The van der Waals surface area contributed by atoms with Crippen molar-refractivity contribution in [3.8, 4) is 0 Å². The first-order valence-electron chi connectivity index (χ1n) is 8.93. The van der Waals surface area contributed by atoms with Crippen molar-refractivity contribution in [2.75, 3.05) is 26.2 Å². The highest BCUT2D eigenvalue weighted by Crippen LogP contribution is 2.39. The van der Waals surface area contributed by atoms with Crippen LogP contribution in [-0.2, 0) is 0 Å². The van der Waals surface area contributed by atoms with E-state index >= 15 is 0 Å². The molecule has 0 spiro atoms. The summed E-state index contributed by atoms with van der Waals surface area (Å²) in [6.45, 7) is 4.63. The Hall–Kier alpha value is -0.740. The summed E-state index contributed by atoms with van der Waals surface area (Å²) >= 11 is 0. The zero-order chi connectivity index (χ0) is 14.8. The molecule has 2 aromatic rings. The van der Waals surface area contributed by atoms with Gasteiger partial charge in [-0.05, 0) is 41.8 Å². The standard InChI is InChI=1S/C19H27N3.2ClH/c1-2-4-16(5-3-1)19(22-12-10-20-11-13-22)17-7-6-15-8-9-21-18(15)14-17;;/h6-9,14,16,19-21H,1-5,10-13H2;2*1H/t19-;;/m0../s1. The maximum atomic E-state index is 3.50. The van der Waals surface area contributed by atoms with E-state index in [0.29, 0.717) is 6.04 Å². The Morgan fingerprint density at radius 2 is 1.71 bits per heavy atom. The van der Waals surface area contributed by atoms with Gasteiger partial charge in [-0.2, -0.15) is 0 Å². The van der Waals surface area contributed by atoms with E-state index in [9.17, 15) is 0 Å². The van der Waals surface area contributed by atoms with Gasteiger partial charge >= 0.3 is 0 Å². The molecular formula is C19H29Cl2N3. The summed E-state index contributed by atoms with van der Waals surface area (Å²) in [5, 5.41) is 4.83. The van der Waals surface area contributed by atoms with Crippen molar-refractivity contribution in [1.82, 2.24) is 15.2 Å². The molecule has 134 valence electrons. The zero-order valence-corrected chi connectivity index (χ0v) is 15.8. The molecule has 1 aliphatic heterocycles. The van der Waals surface area contributed by atoms with Crippen LogP contribution in [0, 0.1) is 5.92 Å². The lowest BCUT2D eigenvalue weighted by atomic mass is 9.80. The van der Waals surface area contributed by atoms with E-state index in [1.165, 1.54) is 61.7 Å². The van der Waals surface area contributed by atoms with Gasteiger partial charge in [-0.25, -0.2) is 0 Å². The summed E-state index contributed by atoms with van der Waals surface area (Å²) in [6.07, 6.45) is 9.11. The summed E-state index contributed by atoms with van der Waals surface area (Å²) in [6, 6.07) is 9.84. The number of halogens is 2. The van der Waals surface area contributed by atoms with Gasteiger partial charge in [0.15, 0.2) is 0 Å². The maximum absolute atomic E-state index is 3.50. The molecule has 1 aromatic heterocycles. The highest BCUT2D eigenvalue weighted by atomic mass is 35.5. The molecule has 1 atom stereocenters. The largest absolute Gasteiger partial charge is 0.361 e. The number of piperazine rings is 1. The second kappa shape index (κ2) is 9.10. The molecule has 1 aromatic carbocycles. The summed E-state index contributed by atoms with van der Waals surface area (Å²) in [4.78, 5) is 6.12. The summed E-state index contributed by atoms with van der Waals surface area (Å²) in [5.41, 5.74) is 2.80. The highest BCUT2D eigenvalue weighted by Gasteiger charge is 2.30. The second-order valence-electron chi connectivity index (χ2n) is 6.95. The Kier molecular flexibility index (Phi) is 7.42. The van der Waals surface area contributed by atoms with Gasteiger partial charge in [0.1, 0.15) is 0 Å². The second-order valence-corrected chi connectivity index (χ2v) is 6.95. The van der Waals surface area contributed by atoms with Crippen LogP contribution in [-0.4, -0.2) is 36.1 Å². The van der Waals surface area contributed by atoms with Gasteiger partial charge < -0.3 is 10.3 Å². The number of fused-ring (bicyclic) bond motifs is 1. The first kappa shape index (κ1) is 19.6. The molecule has 1 aliphatic carbocycles. The van der Waals surface area contributed by atoms with Crippen LogP contribution in [0.2, 0.25) is 0 Å². The van der Waals surface area contributed by atoms with Crippen LogP contribution in [0.5, 0.6) is 0 Å². The Morgan fingerprint density at radius 3 is 2.46 bits per heavy atom. The number of hydrogen-bond donors (Lipinski definition) is 2. The topological polar surface area (TPSA) is 31.1 Å². The van der Waals surface area contributed by atoms with E-state index in [1.54, 1.807) is 0 Å². The first-order chi connectivity index (χ1) is 10.9. The average Bonchev–Trinajstić information content (AvgIpc) is 3.05. The fraction of sp³-hybridized carbons (Fsp3) is 0.579. The van der Waals surface area contributed by atoms with E-state index in [2.05, 4.69) is 45.7 Å². The molecule has 4 rings (SSSR count). The van der Waals surface area contributed by atoms with Crippen molar-refractivity contribution < 1.29 is 0 Å². The third kappa shape index (κ3) is 4.08. The number of hydrogen-bond acceptors (Lipinski definition) is 2. The van der Waals surface area contributed by atoms with E-state index in [4.69, 9.17) is 0 Å². The molecule has 24 heavy (non-hydrogen) atoms. The van der Waals surface area contributed by atoms with Gasteiger partial charge in [-0.15, -0.1) is 24.8 Å². The van der Waals surface area contributed by atoms with Crippen molar-refractivity contribution in [1.29, 1.82) is 0 Å². The quantitative estimate of drug-likeness (QED) is 0.831. The SMILES string of the molecule is Cl.Cl.c1cc2ccc([C@H](C3CCCCC3)N3CCNCC3)cc2[nH]1. The Morgan fingerprint density at radius 1 is 0.958 bits per heavy atom. The molecule has 3 nitrogen and oxygen atoms in total. The van der Waals surface area contributed by atoms with Gasteiger partial charge in [-0.1, -0.05) is 31.4 Å². The molecule has 0 amide bonds. The minimum absolute atomic E-state index is 0. The van der Waals surface area contributed by atoms with Crippen LogP contribution < -0.4 is 5.32 Å². The summed E-state index contributed by atoms with van der Waals surface area (Å²) in [5.74, 6) is 0.833. The predicted octanol–water partition coefficient (Wildman–Crippen LogP) is 4.54. The Labute approximate surface area is 157 Å². The third-order valence-electron chi connectivity index (χ3n) is 5.56. The molecule has 5 heteroatoms. The minimum Gasteiger partial charge on any atom is -0.361 e. The lowest BCUT2D eigenvalue weighted by Gasteiger charge is -2.41. The molecule has 1 saturated carbocycles. The Balaban J connectivity index is 0.00000104. The van der Waals surface area contributed by atoms with Gasteiger partial charge in [0.05, 0.1) is 0 Å². The molecule has 0 bridgehead atoms. The monoisotopic (exact) mass is 369 g/mol. The lowest BCUT2D eigenvalue weighted by Crippen LogP contribution is -2.47. The van der Waals surface area contributed by atoms with E-state index in [-0.39, 0.29) is 24.8 Å². The van der Waals surface area contributed by atoms with Crippen LogP contribution in [0.4, 0.5) is 0 Å². The van der Waals surface area contributed by atoms with Gasteiger partial charge in [0.2, 0.25) is 0 Å². The number of H-pyrrole nitrogens is 1. The van der Waals surface area contributed by atoms with Gasteiger partial charge in [0.25, 0.3) is 0 Å². The van der Waals surface area contributed by atoms with Crippen LogP contribution in [0.3, 0.4) is 0 Å². The number of aromatic amines is 1. The van der Waals surface area contributed by atoms with E-state index in [0.717, 1.165) is 19.0 Å². The number of rotatable bonds is 3. The zero-order valence-electron chi connectivity index (χ0n) is 14.2. The van der Waals surface area contributed by atoms with Crippen LogP contribution in [0.1, 0.15) is 43.7 Å². The Bertz CT molecular complexity index is 598. The van der Waals surface area contributed by atoms with Crippen molar-refractivity contribution >= 4 is 35.7 Å². The molecule has 2 N–H and O–H groups in total. The van der Waals surface area contributed by atoms with Crippen molar-refractivity contribution in [3.63, 3.8) is 0 Å². The number of nitrogens with one attached hydrogen (secondary N) is 2. The summed E-state index contributed by atoms with van der Waals surface area (Å²) in [7, 11) is 0. The predicted molar refractivity (Wildman–Crippen MR) is 107 cm³/mol. The van der Waals surface area contributed by atoms with Gasteiger partial charge in [0, 0.05) is 43.9 Å². The number of aromatic nitrogens is 1. The van der Waals surface area contributed by atoms with Crippen LogP contribution in [0.25, 0.3) is 10.9 Å². The number of benzene rings is 1. The smallest absolute Gasteiger partial charge is 0.0457 e.